The van der Waals surface area contributed by atoms with Crippen LogP contribution in [0.4, 0.5) is 4.39 Å². The molecule has 0 amide bonds. The molecule has 0 saturated heterocycles. The van der Waals surface area contributed by atoms with Gasteiger partial charge in [0.25, 0.3) is 0 Å². The van der Waals surface area contributed by atoms with Crippen molar-refractivity contribution in [1.29, 1.82) is 5.26 Å². The molecular weight excluding hydrogens is 337 g/mol. The number of aliphatic carboxylic acids is 1. The SMILES string of the molecule is CCCC[C@H](COc1ccc(Oc2ccc(C#N)cc2F)cc1)C(=O)O. The van der Waals surface area contributed by atoms with E-state index in [9.17, 15) is 14.3 Å². The quantitative estimate of drug-likeness (QED) is 0.700. The first kappa shape index (κ1) is 19.3. The topological polar surface area (TPSA) is 79.5 Å². The minimum absolute atomic E-state index is 0.0168. The van der Waals surface area contributed by atoms with Crippen LogP contribution in [0.25, 0.3) is 0 Å². The number of hydrogen-bond donors (Lipinski definition) is 1. The average molecular weight is 357 g/mol. The molecular formula is C20H20FNO4. The summed E-state index contributed by atoms with van der Waals surface area (Å²) >= 11 is 0. The molecule has 5 nitrogen and oxygen atoms in total. The van der Waals surface area contributed by atoms with Gasteiger partial charge in [0.05, 0.1) is 17.6 Å². The van der Waals surface area contributed by atoms with Crippen molar-refractivity contribution >= 4 is 5.97 Å². The molecule has 0 aromatic heterocycles. The Balaban J connectivity index is 1.95. The fourth-order valence-electron chi connectivity index (χ4n) is 2.31. The van der Waals surface area contributed by atoms with Crippen LogP contribution >= 0.6 is 0 Å². The van der Waals surface area contributed by atoms with Crippen molar-refractivity contribution in [1.82, 2.24) is 0 Å². The summed E-state index contributed by atoms with van der Waals surface area (Å²) in [5.74, 6) is -1.09. The molecule has 26 heavy (non-hydrogen) atoms. The third kappa shape index (κ3) is 5.49. The van der Waals surface area contributed by atoms with Crippen molar-refractivity contribution in [3.8, 4) is 23.3 Å². The molecule has 0 aliphatic heterocycles. The highest BCUT2D eigenvalue weighted by Crippen LogP contribution is 2.27. The number of halogens is 1. The van der Waals surface area contributed by atoms with Crippen molar-refractivity contribution in [2.24, 2.45) is 5.92 Å². The number of carboxylic acids is 1. The van der Waals surface area contributed by atoms with Gasteiger partial charge in [-0.2, -0.15) is 5.26 Å². The Hall–Kier alpha value is -3.07. The summed E-state index contributed by atoms with van der Waals surface area (Å²) in [4.78, 5) is 11.2. The van der Waals surface area contributed by atoms with Crippen LogP contribution in [0.3, 0.4) is 0 Å². The summed E-state index contributed by atoms with van der Waals surface area (Å²) in [5.41, 5.74) is 0.217. The molecule has 0 fully saturated rings. The Morgan fingerprint density at radius 1 is 1.23 bits per heavy atom. The second-order valence-electron chi connectivity index (χ2n) is 5.82. The number of hydrogen-bond acceptors (Lipinski definition) is 4. The van der Waals surface area contributed by atoms with Crippen molar-refractivity contribution in [3.63, 3.8) is 0 Å². The standard InChI is InChI=1S/C20H20FNO4/c1-2-3-4-15(20(23)24)13-25-16-6-8-17(9-7-16)26-19-10-5-14(12-22)11-18(19)21/h5-11,15H,2-4,13H2,1H3,(H,23,24)/t15-/m1/s1. The number of rotatable bonds is 9. The first-order chi connectivity index (χ1) is 12.5. The molecule has 2 rings (SSSR count). The highest BCUT2D eigenvalue weighted by molar-refractivity contribution is 5.70. The van der Waals surface area contributed by atoms with E-state index in [2.05, 4.69) is 0 Å². The number of carboxylic acid groups (broad SMARTS) is 1. The van der Waals surface area contributed by atoms with Crippen LogP contribution in [0.15, 0.2) is 42.5 Å². The molecule has 0 saturated carbocycles. The van der Waals surface area contributed by atoms with Gasteiger partial charge in [0.15, 0.2) is 11.6 Å². The van der Waals surface area contributed by atoms with Crippen LogP contribution in [0, 0.1) is 23.1 Å². The molecule has 2 aromatic rings. The predicted octanol–water partition coefficient (Wildman–Crippen LogP) is 4.76. The third-order valence-electron chi connectivity index (χ3n) is 3.82. The van der Waals surface area contributed by atoms with Crippen molar-refractivity contribution in [3.05, 3.63) is 53.8 Å². The van der Waals surface area contributed by atoms with Gasteiger partial charge in [-0.1, -0.05) is 19.8 Å². The molecule has 1 atom stereocenters. The van der Waals surface area contributed by atoms with Gasteiger partial charge in [-0.25, -0.2) is 4.39 Å². The average Bonchev–Trinajstić information content (AvgIpc) is 2.64. The maximum Gasteiger partial charge on any atom is 0.309 e. The molecule has 6 heteroatoms. The van der Waals surface area contributed by atoms with E-state index < -0.39 is 17.7 Å². The zero-order chi connectivity index (χ0) is 18.9. The fraction of sp³-hybridized carbons (Fsp3) is 0.300. The number of nitrogens with zero attached hydrogens (tertiary/aromatic N) is 1. The fourth-order valence-corrected chi connectivity index (χ4v) is 2.31. The first-order valence-electron chi connectivity index (χ1n) is 8.36. The third-order valence-corrected chi connectivity index (χ3v) is 3.82. The second kappa shape index (κ2) is 9.42. The maximum absolute atomic E-state index is 13.8. The van der Waals surface area contributed by atoms with Crippen molar-refractivity contribution < 1.29 is 23.8 Å². The van der Waals surface area contributed by atoms with E-state index in [1.54, 1.807) is 24.3 Å². The lowest BCUT2D eigenvalue weighted by Crippen LogP contribution is -2.21. The maximum atomic E-state index is 13.8. The Morgan fingerprint density at radius 2 is 1.92 bits per heavy atom. The second-order valence-corrected chi connectivity index (χ2v) is 5.82. The van der Waals surface area contributed by atoms with Gasteiger partial charge >= 0.3 is 5.97 Å². The molecule has 0 bridgehead atoms. The van der Waals surface area contributed by atoms with E-state index >= 15 is 0 Å². The molecule has 0 heterocycles. The largest absolute Gasteiger partial charge is 0.493 e. The monoisotopic (exact) mass is 357 g/mol. The van der Waals surface area contributed by atoms with E-state index in [0.717, 1.165) is 18.9 Å². The molecule has 0 radical (unpaired) electrons. The zero-order valence-corrected chi connectivity index (χ0v) is 14.4. The molecule has 0 aliphatic carbocycles. The number of nitriles is 1. The highest BCUT2D eigenvalue weighted by Gasteiger charge is 2.17. The Labute approximate surface area is 151 Å². The highest BCUT2D eigenvalue weighted by atomic mass is 19.1. The lowest BCUT2D eigenvalue weighted by atomic mass is 10.0. The molecule has 0 spiro atoms. The summed E-state index contributed by atoms with van der Waals surface area (Å²) in [6, 6.07) is 12.3. The lowest BCUT2D eigenvalue weighted by molar-refractivity contribution is -0.143. The summed E-state index contributed by atoms with van der Waals surface area (Å²) in [6.45, 7) is 2.11. The molecule has 136 valence electrons. The Bertz CT molecular complexity index is 783. The summed E-state index contributed by atoms with van der Waals surface area (Å²) in [6.07, 6.45) is 2.34. The predicted molar refractivity (Wildman–Crippen MR) is 93.8 cm³/mol. The van der Waals surface area contributed by atoms with Gasteiger partial charge in [-0.3, -0.25) is 4.79 Å². The molecule has 0 unspecified atom stereocenters. The summed E-state index contributed by atoms with van der Waals surface area (Å²) in [5, 5.41) is 17.9. The number of carbonyl (C=O) groups is 1. The van der Waals surface area contributed by atoms with Gasteiger partial charge in [0.2, 0.25) is 0 Å². The van der Waals surface area contributed by atoms with Crippen LogP contribution < -0.4 is 9.47 Å². The van der Waals surface area contributed by atoms with Crippen LogP contribution in [0.1, 0.15) is 31.7 Å². The van der Waals surface area contributed by atoms with Gasteiger partial charge in [-0.05, 0) is 48.9 Å². The minimum atomic E-state index is -0.866. The van der Waals surface area contributed by atoms with E-state index in [-0.39, 0.29) is 17.9 Å². The van der Waals surface area contributed by atoms with Crippen LogP contribution in [0.2, 0.25) is 0 Å². The summed E-state index contributed by atoms with van der Waals surface area (Å²) in [7, 11) is 0. The number of unbranched alkanes of at least 4 members (excludes halogenated alkanes) is 1. The van der Waals surface area contributed by atoms with Gasteiger partial charge in [-0.15, -0.1) is 0 Å². The van der Waals surface area contributed by atoms with E-state index in [1.165, 1.54) is 12.1 Å². The van der Waals surface area contributed by atoms with Gasteiger partial charge < -0.3 is 14.6 Å². The van der Waals surface area contributed by atoms with E-state index in [4.69, 9.17) is 14.7 Å². The zero-order valence-electron chi connectivity index (χ0n) is 14.4. The molecule has 0 aliphatic rings. The van der Waals surface area contributed by atoms with Gasteiger partial charge in [0.1, 0.15) is 18.1 Å². The normalized spacial score (nSPS) is 11.4. The minimum Gasteiger partial charge on any atom is -0.493 e. The smallest absolute Gasteiger partial charge is 0.309 e. The first-order valence-corrected chi connectivity index (χ1v) is 8.36. The Kier molecular flexibility index (Phi) is 6.98. The van der Waals surface area contributed by atoms with Crippen molar-refractivity contribution in [2.75, 3.05) is 6.61 Å². The molecule has 1 N–H and O–H groups in total. The van der Waals surface area contributed by atoms with E-state index in [1.807, 2.05) is 13.0 Å². The van der Waals surface area contributed by atoms with Crippen LogP contribution in [0.5, 0.6) is 17.2 Å². The molecule has 2 aromatic carbocycles. The van der Waals surface area contributed by atoms with Crippen molar-refractivity contribution in [2.45, 2.75) is 26.2 Å². The number of benzene rings is 2. The van der Waals surface area contributed by atoms with Gasteiger partial charge in [0, 0.05) is 0 Å². The number of ether oxygens (including phenoxy) is 2. The van der Waals surface area contributed by atoms with Crippen LogP contribution in [-0.2, 0) is 4.79 Å². The Morgan fingerprint density at radius 3 is 2.50 bits per heavy atom. The summed E-state index contributed by atoms with van der Waals surface area (Å²) < 4.78 is 24.8. The van der Waals surface area contributed by atoms with Crippen LogP contribution in [-0.4, -0.2) is 17.7 Å². The lowest BCUT2D eigenvalue weighted by Gasteiger charge is -2.14. The van der Waals surface area contributed by atoms with E-state index in [0.29, 0.717) is 17.9 Å².